The highest BCUT2D eigenvalue weighted by Crippen LogP contribution is 2.37. The first kappa shape index (κ1) is 20.5. The fourth-order valence-corrected chi connectivity index (χ4v) is 4.85. The monoisotopic (exact) mass is 449 g/mol. The van der Waals surface area contributed by atoms with E-state index in [9.17, 15) is 9.59 Å². The summed E-state index contributed by atoms with van der Waals surface area (Å²) in [6, 6.07) is 11.2. The molecule has 0 aliphatic carbocycles. The summed E-state index contributed by atoms with van der Waals surface area (Å²) in [5.41, 5.74) is 4.44. The lowest BCUT2D eigenvalue weighted by Crippen LogP contribution is -2.32. The van der Waals surface area contributed by atoms with Gasteiger partial charge in [-0.1, -0.05) is 19.9 Å². The number of benzene rings is 2. The summed E-state index contributed by atoms with van der Waals surface area (Å²) >= 11 is 1.44. The van der Waals surface area contributed by atoms with Crippen molar-refractivity contribution in [2.24, 2.45) is 5.92 Å². The van der Waals surface area contributed by atoms with Gasteiger partial charge in [0, 0.05) is 34.2 Å². The number of carbonyl (C=O) groups excluding carboxylic acids is 2. The molecular formula is C24H23N3O4S. The summed E-state index contributed by atoms with van der Waals surface area (Å²) in [5.74, 6) is 1.07. The summed E-state index contributed by atoms with van der Waals surface area (Å²) in [5, 5.41) is 3.43. The summed E-state index contributed by atoms with van der Waals surface area (Å²) in [6.07, 6.45) is 0.832. The number of aromatic nitrogens is 1. The van der Waals surface area contributed by atoms with Crippen LogP contribution in [0.15, 0.2) is 36.4 Å². The molecule has 0 saturated carbocycles. The predicted molar refractivity (Wildman–Crippen MR) is 124 cm³/mol. The number of hydrogen-bond acceptors (Lipinski definition) is 6. The number of aryl methyl sites for hydroxylation is 1. The van der Waals surface area contributed by atoms with Gasteiger partial charge in [0.2, 0.25) is 12.7 Å². The van der Waals surface area contributed by atoms with Crippen LogP contribution >= 0.6 is 11.3 Å². The van der Waals surface area contributed by atoms with Crippen molar-refractivity contribution >= 4 is 34.0 Å². The Balaban J connectivity index is 1.36. The summed E-state index contributed by atoms with van der Waals surface area (Å²) in [4.78, 5) is 32.7. The van der Waals surface area contributed by atoms with Crippen molar-refractivity contribution in [3.8, 4) is 22.8 Å². The number of amides is 2. The number of fused-ring (bicyclic) bond motifs is 2. The molecule has 0 spiro atoms. The summed E-state index contributed by atoms with van der Waals surface area (Å²) in [6.45, 7) is 6.72. The van der Waals surface area contributed by atoms with E-state index in [1.165, 1.54) is 11.3 Å². The molecule has 5 rings (SSSR count). The Hall–Kier alpha value is -3.39. The normalized spacial score (nSPS) is 14.1. The first-order valence-electron chi connectivity index (χ1n) is 10.5. The first-order chi connectivity index (χ1) is 15.4. The highest BCUT2D eigenvalue weighted by atomic mass is 32.1. The van der Waals surface area contributed by atoms with E-state index in [1.807, 2.05) is 37.8 Å². The van der Waals surface area contributed by atoms with Crippen LogP contribution in [0, 0.1) is 12.8 Å². The Morgan fingerprint density at radius 2 is 1.94 bits per heavy atom. The van der Waals surface area contributed by atoms with E-state index in [0.29, 0.717) is 28.7 Å². The van der Waals surface area contributed by atoms with Gasteiger partial charge in [-0.3, -0.25) is 14.9 Å². The fraction of sp³-hybridized carbons (Fsp3) is 0.292. The smallest absolute Gasteiger partial charge is 0.257 e. The average Bonchev–Trinajstić information content (AvgIpc) is 3.50. The van der Waals surface area contributed by atoms with Crippen LogP contribution in [0.5, 0.6) is 11.5 Å². The van der Waals surface area contributed by atoms with Crippen molar-refractivity contribution in [3.63, 3.8) is 0 Å². The Bertz CT molecular complexity index is 1230. The lowest BCUT2D eigenvalue weighted by Gasteiger charge is -2.19. The molecular weight excluding hydrogens is 426 g/mol. The molecule has 0 bridgehead atoms. The van der Waals surface area contributed by atoms with Crippen molar-refractivity contribution in [2.75, 3.05) is 23.6 Å². The quantitative estimate of drug-likeness (QED) is 0.627. The van der Waals surface area contributed by atoms with Crippen molar-refractivity contribution < 1.29 is 19.1 Å². The number of nitrogens with zero attached hydrogens (tertiary/aromatic N) is 2. The molecule has 1 N–H and O–H groups in total. The topological polar surface area (TPSA) is 80.8 Å². The van der Waals surface area contributed by atoms with Crippen LogP contribution in [-0.2, 0) is 11.2 Å². The van der Waals surface area contributed by atoms with Gasteiger partial charge < -0.3 is 14.4 Å². The number of carbonyl (C=O) groups is 2. The highest BCUT2D eigenvalue weighted by molar-refractivity contribution is 7.16. The molecule has 0 atom stereocenters. The van der Waals surface area contributed by atoms with Crippen LogP contribution < -0.4 is 19.7 Å². The van der Waals surface area contributed by atoms with Gasteiger partial charge >= 0.3 is 0 Å². The Morgan fingerprint density at radius 3 is 2.75 bits per heavy atom. The minimum atomic E-state index is -0.250. The van der Waals surface area contributed by atoms with Gasteiger partial charge in [-0.15, -0.1) is 11.3 Å². The molecule has 2 aromatic carbocycles. The maximum absolute atomic E-state index is 12.7. The van der Waals surface area contributed by atoms with E-state index in [4.69, 9.17) is 9.47 Å². The molecule has 0 fully saturated rings. The van der Waals surface area contributed by atoms with E-state index in [0.717, 1.165) is 33.8 Å². The third-order valence-corrected chi connectivity index (χ3v) is 6.55. The lowest BCUT2D eigenvalue weighted by molar-refractivity contribution is -0.121. The van der Waals surface area contributed by atoms with Crippen molar-refractivity contribution in [1.29, 1.82) is 0 Å². The van der Waals surface area contributed by atoms with Crippen molar-refractivity contribution in [3.05, 3.63) is 52.4 Å². The Morgan fingerprint density at radius 1 is 1.12 bits per heavy atom. The molecule has 164 valence electrons. The second kappa shape index (κ2) is 7.94. The molecule has 0 unspecified atom stereocenters. The standard InChI is InChI=1S/C24H23N3O4S/c1-13(2)23(29)27-9-8-15-10-16(4-6-18(15)27)21-14(3)32-24(25-21)26-22(28)17-5-7-19-20(11-17)31-12-30-19/h4-7,10-11,13H,8-9,12H2,1-3H3,(H,25,26,28). The SMILES string of the molecule is Cc1sc(NC(=O)c2ccc3c(c2)OCO3)nc1-c1ccc2c(c1)CCN2C(=O)C(C)C. The van der Waals surface area contributed by atoms with Gasteiger partial charge in [0.05, 0.1) is 5.69 Å². The fourth-order valence-electron chi connectivity index (χ4n) is 4.01. The molecule has 2 amide bonds. The van der Waals surface area contributed by atoms with Gasteiger partial charge in [0.25, 0.3) is 5.91 Å². The van der Waals surface area contributed by atoms with Crippen LogP contribution in [0.2, 0.25) is 0 Å². The van der Waals surface area contributed by atoms with E-state index in [-0.39, 0.29) is 24.5 Å². The van der Waals surface area contributed by atoms with Crippen LogP contribution in [0.4, 0.5) is 10.8 Å². The minimum Gasteiger partial charge on any atom is -0.454 e. The zero-order valence-electron chi connectivity index (χ0n) is 18.1. The molecule has 32 heavy (non-hydrogen) atoms. The predicted octanol–water partition coefficient (Wildman–Crippen LogP) is 4.64. The molecule has 1 aromatic heterocycles. The maximum Gasteiger partial charge on any atom is 0.257 e. The number of anilines is 2. The van der Waals surface area contributed by atoms with E-state index in [2.05, 4.69) is 16.4 Å². The van der Waals surface area contributed by atoms with Crippen molar-refractivity contribution in [2.45, 2.75) is 27.2 Å². The summed E-state index contributed by atoms with van der Waals surface area (Å²) < 4.78 is 10.6. The van der Waals surface area contributed by atoms with Crippen LogP contribution in [0.1, 0.15) is 34.6 Å². The van der Waals surface area contributed by atoms with Gasteiger partial charge in [-0.05, 0) is 49.2 Å². The lowest BCUT2D eigenvalue weighted by atomic mass is 10.1. The van der Waals surface area contributed by atoms with Crippen molar-refractivity contribution in [1.82, 2.24) is 4.98 Å². The molecule has 2 aliphatic rings. The molecule has 7 nitrogen and oxygen atoms in total. The summed E-state index contributed by atoms with van der Waals surface area (Å²) in [7, 11) is 0. The molecule has 3 aromatic rings. The molecule has 0 saturated heterocycles. The second-order valence-corrected chi connectivity index (χ2v) is 9.39. The van der Waals surface area contributed by atoms with Crippen LogP contribution in [-0.4, -0.2) is 30.1 Å². The van der Waals surface area contributed by atoms with Gasteiger partial charge in [-0.2, -0.15) is 0 Å². The van der Waals surface area contributed by atoms with Gasteiger partial charge in [-0.25, -0.2) is 4.98 Å². The molecule has 2 aliphatic heterocycles. The third-order valence-electron chi connectivity index (χ3n) is 5.66. The van der Waals surface area contributed by atoms with Gasteiger partial charge in [0.15, 0.2) is 16.6 Å². The number of ether oxygens (including phenoxy) is 2. The average molecular weight is 450 g/mol. The van der Waals surface area contributed by atoms with Crippen LogP contribution in [0.3, 0.4) is 0 Å². The number of hydrogen-bond donors (Lipinski definition) is 1. The van der Waals surface area contributed by atoms with Crippen LogP contribution in [0.25, 0.3) is 11.3 Å². The van der Waals surface area contributed by atoms with Gasteiger partial charge in [0.1, 0.15) is 0 Å². The molecule has 8 heteroatoms. The number of rotatable bonds is 4. The number of nitrogens with one attached hydrogen (secondary N) is 1. The van der Waals surface area contributed by atoms with E-state index >= 15 is 0 Å². The highest BCUT2D eigenvalue weighted by Gasteiger charge is 2.27. The zero-order valence-corrected chi connectivity index (χ0v) is 18.9. The first-order valence-corrected chi connectivity index (χ1v) is 11.4. The van der Waals surface area contributed by atoms with E-state index in [1.54, 1.807) is 18.2 Å². The Kier molecular flexibility index (Phi) is 5.09. The minimum absolute atomic E-state index is 0.0302. The Labute approximate surface area is 190 Å². The second-order valence-electron chi connectivity index (χ2n) is 8.18. The zero-order chi connectivity index (χ0) is 22.4. The molecule has 3 heterocycles. The number of thiazole rings is 1. The largest absolute Gasteiger partial charge is 0.454 e. The third kappa shape index (κ3) is 3.60. The molecule has 0 radical (unpaired) electrons. The maximum atomic E-state index is 12.7. The van der Waals surface area contributed by atoms with E-state index < -0.39 is 0 Å².